The van der Waals surface area contributed by atoms with Gasteiger partial charge in [0.1, 0.15) is 0 Å². The van der Waals surface area contributed by atoms with Gasteiger partial charge in [-0.3, -0.25) is 9.78 Å². The van der Waals surface area contributed by atoms with Crippen LogP contribution in [-0.4, -0.2) is 31.7 Å². The molecule has 31 heavy (non-hydrogen) atoms. The minimum atomic E-state index is -3.36. The molecule has 162 valence electrons. The largest absolute Gasteiger partial charge is 0.466 e. The second kappa shape index (κ2) is 10.9. The monoisotopic (exact) mass is 437 g/mol. The first-order valence-electron chi connectivity index (χ1n) is 10.4. The lowest BCUT2D eigenvalue weighted by Crippen LogP contribution is -2.10. The van der Waals surface area contributed by atoms with E-state index >= 15 is 0 Å². The molecule has 3 aromatic rings. The number of nitrogens with zero attached hydrogens (tertiary/aromatic N) is 1. The standard InChI is InChI=1S/C25H27NO4S/c1-2-30-25(27)11-10-20-15-21(12-14-31(28,29)24-8-4-3-5-9-24)17-23(16-20)18-22-7-6-13-26-19-22/h3-9,13,15-17,19H,2,10-12,14,18H2,1H3. The molecule has 0 aliphatic rings. The van der Waals surface area contributed by atoms with Crippen molar-refractivity contribution < 1.29 is 17.9 Å². The van der Waals surface area contributed by atoms with Gasteiger partial charge in [0, 0.05) is 18.8 Å². The van der Waals surface area contributed by atoms with E-state index in [4.69, 9.17) is 4.74 Å². The van der Waals surface area contributed by atoms with Crippen LogP contribution in [-0.2, 0) is 38.6 Å². The molecule has 1 heterocycles. The molecule has 0 N–H and O–H groups in total. The molecule has 0 bridgehead atoms. The summed E-state index contributed by atoms with van der Waals surface area (Å²) in [5.41, 5.74) is 4.09. The average Bonchev–Trinajstić information content (AvgIpc) is 2.78. The van der Waals surface area contributed by atoms with Crippen molar-refractivity contribution in [1.29, 1.82) is 0 Å². The molecule has 0 radical (unpaired) electrons. The van der Waals surface area contributed by atoms with Crippen molar-refractivity contribution >= 4 is 15.8 Å². The predicted octanol–water partition coefficient (Wildman–Crippen LogP) is 4.18. The lowest BCUT2D eigenvalue weighted by Gasteiger charge is -2.11. The second-order valence-electron chi connectivity index (χ2n) is 7.38. The van der Waals surface area contributed by atoms with Crippen LogP contribution in [0.15, 0.2) is 78.0 Å². The number of hydrogen-bond acceptors (Lipinski definition) is 5. The van der Waals surface area contributed by atoms with Gasteiger partial charge in [-0.1, -0.05) is 42.5 Å². The Labute approximate surface area is 184 Å². The smallest absolute Gasteiger partial charge is 0.306 e. The first-order chi connectivity index (χ1) is 15.0. The van der Waals surface area contributed by atoms with Crippen molar-refractivity contribution in [3.05, 3.63) is 95.3 Å². The summed E-state index contributed by atoms with van der Waals surface area (Å²) in [4.78, 5) is 16.3. The third-order valence-electron chi connectivity index (χ3n) is 4.93. The van der Waals surface area contributed by atoms with Crippen LogP contribution in [0.2, 0.25) is 0 Å². The Balaban J connectivity index is 1.79. The Morgan fingerprint density at radius 3 is 2.29 bits per heavy atom. The zero-order valence-corrected chi connectivity index (χ0v) is 18.5. The Hall–Kier alpha value is -2.99. The lowest BCUT2D eigenvalue weighted by atomic mass is 9.97. The van der Waals surface area contributed by atoms with Crippen LogP contribution < -0.4 is 0 Å². The lowest BCUT2D eigenvalue weighted by molar-refractivity contribution is -0.143. The van der Waals surface area contributed by atoms with Gasteiger partial charge in [0.15, 0.2) is 9.84 Å². The van der Waals surface area contributed by atoms with Crippen molar-refractivity contribution in [3.8, 4) is 0 Å². The summed E-state index contributed by atoms with van der Waals surface area (Å²) in [6, 6.07) is 18.5. The number of aromatic nitrogens is 1. The maximum Gasteiger partial charge on any atom is 0.306 e. The topological polar surface area (TPSA) is 73.3 Å². The third-order valence-corrected chi connectivity index (χ3v) is 6.66. The van der Waals surface area contributed by atoms with Crippen molar-refractivity contribution in [1.82, 2.24) is 4.98 Å². The van der Waals surface area contributed by atoms with E-state index in [2.05, 4.69) is 11.1 Å². The molecule has 0 fully saturated rings. The number of benzene rings is 2. The van der Waals surface area contributed by atoms with E-state index in [0.717, 1.165) is 22.3 Å². The number of esters is 1. The quantitative estimate of drug-likeness (QED) is 0.445. The van der Waals surface area contributed by atoms with E-state index in [0.29, 0.717) is 37.2 Å². The number of aryl methyl sites for hydroxylation is 2. The van der Waals surface area contributed by atoms with Gasteiger partial charge in [-0.05, 0) is 66.6 Å². The molecule has 0 saturated carbocycles. The van der Waals surface area contributed by atoms with Crippen LogP contribution in [0.25, 0.3) is 0 Å². The zero-order valence-electron chi connectivity index (χ0n) is 17.7. The van der Waals surface area contributed by atoms with Crippen molar-refractivity contribution in [2.75, 3.05) is 12.4 Å². The number of pyridine rings is 1. The second-order valence-corrected chi connectivity index (χ2v) is 9.49. The van der Waals surface area contributed by atoms with Gasteiger partial charge in [0.25, 0.3) is 0 Å². The third kappa shape index (κ3) is 7.03. The SMILES string of the molecule is CCOC(=O)CCc1cc(CCS(=O)(=O)c2ccccc2)cc(Cc2cccnc2)c1. The van der Waals surface area contributed by atoms with Crippen LogP contribution in [0.5, 0.6) is 0 Å². The summed E-state index contributed by atoms with van der Waals surface area (Å²) in [6.45, 7) is 2.15. The summed E-state index contributed by atoms with van der Waals surface area (Å²) in [5, 5.41) is 0. The minimum absolute atomic E-state index is 0.0324. The molecule has 1 aromatic heterocycles. The maximum atomic E-state index is 12.7. The summed E-state index contributed by atoms with van der Waals surface area (Å²) < 4.78 is 30.4. The highest BCUT2D eigenvalue weighted by Crippen LogP contribution is 2.19. The van der Waals surface area contributed by atoms with Crippen molar-refractivity contribution in [2.24, 2.45) is 0 Å². The normalized spacial score (nSPS) is 11.3. The highest BCUT2D eigenvalue weighted by molar-refractivity contribution is 7.91. The van der Waals surface area contributed by atoms with E-state index in [9.17, 15) is 13.2 Å². The van der Waals surface area contributed by atoms with Crippen LogP contribution in [0.3, 0.4) is 0 Å². The first-order valence-corrected chi connectivity index (χ1v) is 12.1. The molecule has 0 atom stereocenters. The molecular formula is C25H27NO4S. The van der Waals surface area contributed by atoms with E-state index < -0.39 is 9.84 Å². The number of ether oxygens (including phenoxy) is 1. The molecule has 2 aromatic carbocycles. The molecule has 0 aliphatic carbocycles. The van der Waals surface area contributed by atoms with Gasteiger partial charge in [-0.2, -0.15) is 0 Å². The molecule has 3 rings (SSSR count). The van der Waals surface area contributed by atoms with Gasteiger partial charge >= 0.3 is 5.97 Å². The molecular weight excluding hydrogens is 410 g/mol. The van der Waals surface area contributed by atoms with Crippen LogP contribution in [0, 0.1) is 0 Å². The molecule has 0 amide bonds. The number of carbonyl (C=O) groups excluding carboxylic acids is 1. The van der Waals surface area contributed by atoms with E-state index in [1.165, 1.54) is 0 Å². The molecule has 0 unspecified atom stereocenters. The molecule has 0 spiro atoms. The van der Waals surface area contributed by atoms with Crippen LogP contribution >= 0.6 is 0 Å². The number of sulfone groups is 1. The van der Waals surface area contributed by atoms with Gasteiger partial charge in [-0.15, -0.1) is 0 Å². The van der Waals surface area contributed by atoms with Gasteiger partial charge < -0.3 is 4.74 Å². The van der Waals surface area contributed by atoms with Gasteiger partial charge in [0.05, 0.1) is 17.3 Å². The first kappa shape index (κ1) is 22.7. The fourth-order valence-electron chi connectivity index (χ4n) is 3.45. The Kier molecular flexibility index (Phi) is 7.95. The summed E-state index contributed by atoms with van der Waals surface area (Å²) in [5.74, 6) is -0.196. The number of rotatable bonds is 10. The molecule has 5 nitrogen and oxygen atoms in total. The Morgan fingerprint density at radius 1 is 0.903 bits per heavy atom. The Morgan fingerprint density at radius 2 is 1.61 bits per heavy atom. The highest BCUT2D eigenvalue weighted by atomic mass is 32.2. The predicted molar refractivity (Wildman–Crippen MR) is 121 cm³/mol. The number of hydrogen-bond donors (Lipinski definition) is 0. The average molecular weight is 438 g/mol. The number of carbonyl (C=O) groups is 1. The van der Waals surface area contributed by atoms with E-state index in [1.807, 2.05) is 30.5 Å². The van der Waals surface area contributed by atoms with Crippen molar-refractivity contribution in [3.63, 3.8) is 0 Å². The molecule has 0 saturated heterocycles. The summed E-state index contributed by atoms with van der Waals surface area (Å²) >= 11 is 0. The van der Waals surface area contributed by atoms with Gasteiger partial charge in [0.2, 0.25) is 0 Å². The van der Waals surface area contributed by atoms with Crippen LogP contribution in [0.4, 0.5) is 0 Å². The minimum Gasteiger partial charge on any atom is -0.466 e. The fraction of sp³-hybridized carbons (Fsp3) is 0.280. The summed E-state index contributed by atoms with van der Waals surface area (Å²) in [7, 11) is -3.36. The fourth-order valence-corrected chi connectivity index (χ4v) is 4.76. The summed E-state index contributed by atoms with van der Waals surface area (Å²) in [6.07, 6.45) is 5.51. The maximum absolute atomic E-state index is 12.7. The Bertz CT molecular complexity index is 1100. The zero-order chi connectivity index (χ0) is 22.1. The molecule has 6 heteroatoms. The van der Waals surface area contributed by atoms with E-state index in [-0.39, 0.29) is 11.7 Å². The van der Waals surface area contributed by atoms with Crippen LogP contribution in [0.1, 0.15) is 35.6 Å². The van der Waals surface area contributed by atoms with Gasteiger partial charge in [-0.25, -0.2) is 8.42 Å². The molecule has 0 aliphatic heterocycles. The highest BCUT2D eigenvalue weighted by Gasteiger charge is 2.15. The van der Waals surface area contributed by atoms with Crippen molar-refractivity contribution in [2.45, 2.75) is 37.5 Å². The van der Waals surface area contributed by atoms with E-state index in [1.54, 1.807) is 43.5 Å².